The van der Waals surface area contributed by atoms with Gasteiger partial charge in [-0.1, -0.05) is 11.6 Å². The quantitative estimate of drug-likeness (QED) is 0.730. The number of ether oxygens (including phenoxy) is 1. The minimum atomic E-state index is -0.591. The van der Waals surface area contributed by atoms with E-state index in [1.54, 1.807) is 19.1 Å². The monoisotopic (exact) mass is 349 g/mol. The van der Waals surface area contributed by atoms with Gasteiger partial charge in [-0.2, -0.15) is 0 Å². The molecule has 0 saturated carbocycles. The lowest BCUT2D eigenvalue weighted by Crippen LogP contribution is -2.39. The van der Waals surface area contributed by atoms with Crippen molar-refractivity contribution in [1.29, 1.82) is 0 Å². The van der Waals surface area contributed by atoms with Crippen molar-refractivity contribution < 1.29 is 14.3 Å². The number of hydrogen-bond donors (Lipinski definition) is 3. The Hall–Kier alpha value is -1.50. The zero-order valence-electron chi connectivity index (χ0n) is 12.7. The smallest absolute Gasteiger partial charge is 0.236 e. The highest BCUT2D eigenvalue weighted by molar-refractivity contribution is 6.31. The number of halogens is 2. The zero-order valence-corrected chi connectivity index (χ0v) is 14.3. The molecule has 0 aliphatic rings. The lowest BCUT2D eigenvalue weighted by atomic mass is 10.2. The maximum atomic E-state index is 11.8. The topological polar surface area (TPSA) is 93.5 Å². The Morgan fingerprint density at radius 3 is 2.59 bits per heavy atom. The fourth-order valence-electron chi connectivity index (χ4n) is 1.60. The van der Waals surface area contributed by atoms with E-state index in [-0.39, 0.29) is 37.2 Å². The summed E-state index contributed by atoms with van der Waals surface area (Å²) in [5.41, 5.74) is 6.78. The number of benzene rings is 1. The normalized spacial score (nSPS) is 11.1. The average Bonchev–Trinajstić information content (AvgIpc) is 2.42. The van der Waals surface area contributed by atoms with E-state index in [1.807, 2.05) is 6.92 Å². The molecule has 4 N–H and O–H groups in total. The summed E-state index contributed by atoms with van der Waals surface area (Å²) in [7, 11) is 1.50. The number of carbonyl (C=O) groups is 2. The molecular formula is C14H21Cl2N3O3. The van der Waals surface area contributed by atoms with E-state index in [1.165, 1.54) is 7.11 Å². The van der Waals surface area contributed by atoms with Crippen LogP contribution in [0.2, 0.25) is 5.02 Å². The van der Waals surface area contributed by atoms with Crippen LogP contribution in [0.15, 0.2) is 12.1 Å². The highest BCUT2D eigenvalue weighted by atomic mass is 35.5. The van der Waals surface area contributed by atoms with Gasteiger partial charge in [0.2, 0.25) is 11.8 Å². The Morgan fingerprint density at radius 1 is 1.41 bits per heavy atom. The number of hydrogen-bond acceptors (Lipinski definition) is 4. The summed E-state index contributed by atoms with van der Waals surface area (Å²) < 4.78 is 5.17. The fraction of sp³-hybridized carbons (Fsp3) is 0.429. The molecule has 2 amide bonds. The van der Waals surface area contributed by atoms with E-state index in [0.717, 1.165) is 5.56 Å². The van der Waals surface area contributed by atoms with Crippen LogP contribution in [0.3, 0.4) is 0 Å². The van der Waals surface area contributed by atoms with Crippen molar-refractivity contribution in [3.8, 4) is 5.75 Å². The van der Waals surface area contributed by atoms with Gasteiger partial charge in [-0.05, 0) is 25.5 Å². The van der Waals surface area contributed by atoms with Gasteiger partial charge < -0.3 is 21.1 Å². The zero-order chi connectivity index (χ0) is 16.0. The summed E-state index contributed by atoms with van der Waals surface area (Å²) in [4.78, 5) is 23.1. The molecule has 1 aromatic rings. The second-order valence-electron chi connectivity index (χ2n) is 4.68. The molecule has 1 aromatic carbocycles. The molecular weight excluding hydrogens is 329 g/mol. The molecule has 22 heavy (non-hydrogen) atoms. The molecule has 124 valence electrons. The van der Waals surface area contributed by atoms with Crippen molar-refractivity contribution in [2.75, 3.05) is 19.0 Å². The van der Waals surface area contributed by atoms with Crippen LogP contribution in [0.5, 0.6) is 5.75 Å². The molecule has 0 aromatic heterocycles. The average molecular weight is 350 g/mol. The first-order valence-electron chi connectivity index (χ1n) is 6.52. The van der Waals surface area contributed by atoms with Gasteiger partial charge in [-0.25, -0.2) is 0 Å². The molecule has 0 spiro atoms. The van der Waals surface area contributed by atoms with Crippen LogP contribution in [0.4, 0.5) is 5.69 Å². The van der Waals surface area contributed by atoms with Gasteiger partial charge in [-0.15, -0.1) is 12.4 Å². The Bertz CT molecular complexity index is 536. The highest BCUT2D eigenvalue weighted by Gasteiger charge is 2.11. The summed E-state index contributed by atoms with van der Waals surface area (Å²) in [5, 5.41) is 5.86. The minimum Gasteiger partial charge on any atom is -0.495 e. The van der Waals surface area contributed by atoms with Crippen LogP contribution in [0, 0.1) is 6.92 Å². The molecule has 0 saturated heterocycles. The van der Waals surface area contributed by atoms with Crippen molar-refractivity contribution in [3.05, 3.63) is 22.7 Å². The molecule has 1 rings (SSSR count). The maximum Gasteiger partial charge on any atom is 0.236 e. The molecule has 0 unspecified atom stereocenters. The van der Waals surface area contributed by atoms with Crippen LogP contribution in [-0.2, 0) is 9.59 Å². The number of nitrogens with one attached hydrogen (secondary N) is 2. The summed E-state index contributed by atoms with van der Waals surface area (Å²) in [5.74, 6) is -0.0405. The van der Waals surface area contributed by atoms with Crippen LogP contribution in [-0.4, -0.2) is 31.5 Å². The van der Waals surface area contributed by atoms with Crippen LogP contribution < -0.4 is 21.1 Å². The second kappa shape index (κ2) is 9.50. The van der Waals surface area contributed by atoms with Gasteiger partial charge in [0.05, 0.1) is 18.8 Å². The summed E-state index contributed by atoms with van der Waals surface area (Å²) in [6.07, 6.45) is 0.142. The number of rotatable bonds is 6. The van der Waals surface area contributed by atoms with Crippen LogP contribution >= 0.6 is 24.0 Å². The van der Waals surface area contributed by atoms with Gasteiger partial charge in [0.15, 0.2) is 0 Å². The van der Waals surface area contributed by atoms with E-state index in [2.05, 4.69) is 10.6 Å². The van der Waals surface area contributed by atoms with Crippen LogP contribution in [0.1, 0.15) is 18.9 Å². The summed E-state index contributed by atoms with van der Waals surface area (Å²) >= 11 is 6.00. The van der Waals surface area contributed by atoms with E-state index >= 15 is 0 Å². The fourth-order valence-corrected chi connectivity index (χ4v) is 1.76. The summed E-state index contributed by atoms with van der Waals surface area (Å²) in [6.45, 7) is 3.64. The largest absolute Gasteiger partial charge is 0.495 e. The number of carbonyl (C=O) groups excluding carboxylic acids is 2. The number of anilines is 1. The molecule has 0 fully saturated rings. The second-order valence-corrected chi connectivity index (χ2v) is 5.09. The number of aryl methyl sites for hydroxylation is 1. The third kappa shape index (κ3) is 6.09. The highest BCUT2D eigenvalue weighted by Crippen LogP contribution is 2.30. The molecule has 6 nitrogen and oxygen atoms in total. The first-order valence-corrected chi connectivity index (χ1v) is 6.90. The van der Waals surface area contributed by atoms with Crippen LogP contribution in [0.25, 0.3) is 0 Å². The van der Waals surface area contributed by atoms with Crippen molar-refractivity contribution >= 4 is 41.5 Å². The molecule has 8 heteroatoms. The van der Waals surface area contributed by atoms with E-state index in [4.69, 9.17) is 22.1 Å². The third-order valence-corrected chi connectivity index (χ3v) is 3.23. The van der Waals surface area contributed by atoms with E-state index in [9.17, 15) is 9.59 Å². The Labute approximate surface area is 141 Å². The predicted molar refractivity (Wildman–Crippen MR) is 89.9 cm³/mol. The van der Waals surface area contributed by atoms with Gasteiger partial charge in [-0.3, -0.25) is 9.59 Å². The molecule has 0 radical (unpaired) electrons. The maximum absolute atomic E-state index is 11.8. The summed E-state index contributed by atoms with van der Waals surface area (Å²) in [6, 6.07) is 2.79. The molecule has 0 heterocycles. The van der Waals surface area contributed by atoms with Gasteiger partial charge in [0.25, 0.3) is 0 Å². The number of nitrogens with two attached hydrogens (primary N) is 1. The van der Waals surface area contributed by atoms with Crippen molar-refractivity contribution in [1.82, 2.24) is 5.32 Å². The first kappa shape index (κ1) is 20.5. The Morgan fingerprint density at radius 2 is 2.05 bits per heavy atom. The van der Waals surface area contributed by atoms with Gasteiger partial charge in [0, 0.05) is 24.1 Å². The number of methoxy groups -OCH3 is 1. The minimum absolute atomic E-state index is 0. The van der Waals surface area contributed by atoms with Gasteiger partial charge >= 0.3 is 0 Å². The van der Waals surface area contributed by atoms with E-state index in [0.29, 0.717) is 16.5 Å². The van der Waals surface area contributed by atoms with E-state index < -0.39 is 6.04 Å². The third-order valence-electron chi connectivity index (χ3n) is 2.82. The number of amides is 2. The first-order chi connectivity index (χ1) is 9.85. The SMILES string of the molecule is COc1cc(Cl)c(C)cc1NC(=O)CCNC(=O)[C@@H](C)N.Cl. The van der Waals surface area contributed by atoms with Crippen molar-refractivity contribution in [2.24, 2.45) is 5.73 Å². The lowest BCUT2D eigenvalue weighted by Gasteiger charge is -2.12. The molecule has 0 bridgehead atoms. The van der Waals surface area contributed by atoms with Crippen molar-refractivity contribution in [3.63, 3.8) is 0 Å². The van der Waals surface area contributed by atoms with Gasteiger partial charge in [0.1, 0.15) is 5.75 Å². The standard InChI is InChI=1S/C14H20ClN3O3.ClH/c1-8-6-11(12(21-3)7-10(8)15)18-13(19)4-5-17-14(20)9(2)16;/h6-7,9H,4-5,16H2,1-3H3,(H,17,20)(H,18,19);1H/t9-;/m1./s1. The molecule has 0 aliphatic carbocycles. The molecule has 1 atom stereocenters. The lowest BCUT2D eigenvalue weighted by molar-refractivity contribution is -0.122. The predicted octanol–water partition coefficient (Wildman–Crippen LogP) is 1.87. The van der Waals surface area contributed by atoms with Crippen molar-refractivity contribution in [2.45, 2.75) is 26.3 Å². The molecule has 0 aliphatic heterocycles. The Kier molecular flexibility index (Phi) is 8.86. The Balaban J connectivity index is 0.00000441.